The number of hydrogen-bond acceptors (Lipinski definition) is 5. The molecular weight excluding hydrogens is 248 g/mol. The van der Waals surface area contributed by atoms with Gasteiger partial charge in [0.15, 0.2) is 0 Å². The molecule has 92 valence electrons. The van der Waals surface area contributed by atoms with E-state index < -0.39 is 10.8 Å². The van der Waals surface area contributed by atoms with Gasteiger partial charge in [-0.2, -0.15) is 0 Å². The van der Waals surface area contributed by atoms with Gasteiger partial charge in [-0.3, -0.25) is 19.7 Å². The number of nitro benzene ring substituents is 1. The van der Waals surface area contributed by atoms with E-state index >= 15 is 0 Å². The molecule has 7 nitrogen and oxygen atoms in total. The molecule has 1 aromatic rings. The summed E-state index contributed by atoms with van der Waals surface area (Å²) in [7, 11) is 0. The van der Waals surface area contributed by atoms with Crippen LogP contribution in [0, 0.1) is 10.1 Å². The van der Waals surface area contributed by atoms with Crippen molar-refractivity contribution in [3.63, 3.8) is 0 Å². The molecule has 0 aliphatic heterocycles. The normalized spacial score (nSPS) is 9.76. The standard InChI is InChI=1S/C9H11ClN4O3/c10-13-9(15)6-1-2-7(12-4-3-11)8(5-6)14(16)17/h1-2,5,12H,3-4,11H2,(H,13,15). The number of nitrogens with zero attached hydrogens (tertiary/aromatic N) is 1. The van der Waals surface area contributed by atoms with Crippen molar-refractivity contribution < 1.29 is 9.72 Å². The lowest BCUT2D eigenvalue weighted by atomic mass is 10.1. The second-order valence-corrected chi connectivity index (χ2v) is 3.32. The summed E-state index contributed by atoms with van der Waals surface area (Å²) in [6.07, 6.45) is 0. The van der Waals surface area contributed by atoms with E-state index in [0.717, 1.165) is 6.07 Å². The number of rotatable bonds is 5. The summed E-state index contributed by atoms with van der Waals surface area (Å²) in [4.78, 5) is 23.3. The molecule has 17 heavy (non-hydrogen) atoms. The second-order valence-electron chi connectivity index (χ2n) is 3.13. The topological polar surface area (TPSA) is 110 Å². The molecule has 0 aliphatic rings. The molecule has 4 N–H and O–H groups in total. The molecule has 0 fully saturated rings. The number of amides is 1. The van der Waals surface area contributed by atoms with Gasteiger partial charge in [0.05, 0.1) is 4.92 Å². The number of carbonyl (C=O) groups excluding carboxylic acids is 1. The quantitative estimate of drug-likeness (QED) is 0.412. The highest BCUT2D eigenvalue weighted by Crippen LogP contribution is 2.25. The highest BCUT2D eigenvalue weighted by molar-refractivity contribution is 6.24. The molecule has 0 bridgehead atoms. The summed E-state index contributed by atoms with van der Waals surface area (Å²) < 4.78 is 0. The highest BCUT2D eigenvalue weighted by atomic mass is 35.5. The van der Waals surface area contributed by atoms with Gasteiger partial charge < -0.3 is 11.1 Å². The lowest BCUT2D eigenvalue weighted by Crippen LogP contribution is -2.15. The van der Waals surface area contributed by atoms with Crippen LogP contribution in [0.3, 0.4) is 0 Å². The van der Waals surface area contributed by atoms with Crippen molar-refractivity contribution in [1.82, 2.24) is 4.84 Å². The Hall–Kier alpha value is -1.86. The Bertz CT molecular complexity index is 438. The predicted octanol–water partition coefficient (Wildman–Crippen LogP) is 0.849. The monoisotopic (exact) mass is 258 g/mol. The summed E-state index contributed by atoms with van der Waals surface area (Å²) in [5.74, 6) is -0.597. The summed E-state index contributed by atoms with van der Waals surface area (Å²) >= 11 is 5.14. The molecule has 8 heteroatoms. The minimum absolute atomic E-state index is 0.116. The fourth-order valence-electron chi connectivity index (χ4n) is 1.23. The van der Waals surface area contributed by atoms with Crippen LogP contribution in [-0.4, -0.2) is 23.9 Å². The Balaban J connectivity index is 3.08. The van der Waals surface area contributed by atoms with Crippen LogP contribution >= 0.6 is 11.8 Å². The number of halogens is 1. The number of carbonyl (C=O) groups is 1. The summed E-state index contributed by atoms with van der Waals surface area (Å²) in [5.41, 5.74) is 5.52. The van der Waals surface area contributed by atoms with E-state index in [1.165, 1.54) is 12.1 Å². The third-order valence-corrected chi connectivity index (χ3v) is 2.17. The van der Waals surface area contributed by atoms with Crippen LogP contribution in [-0.2, 0) is 0 Å². The Labute approximate surface area is 102 Å². The third-order valence-electron chi connectivity index (χ3n) is 2.00. The van der Waals surface area contributed by atoms with Gasteiger partial charge in [-0.1, -0.05) is 0 Å². The van der Waals surface area contributed by atoms with Crippen molar-refractivity contribution in [3.8, 4) is 0 Å². The fourth-order valence-corrected chi connectivity index (χ4v) is 1.34. The largest absolute Gasteiger partial charge is 0.378 e. The van der Waals surface area contributed by atoms with Crippen LogP contribution in [0.4, 0.5) is 11.4 Å². The van der Waals surface area contributed by atoms with E-state index in [9.17, 15) is 14.9 Å². The van der Waals surface area contributed by atoms with Crippen LogP contribution in [0.5, 0.6) is 0 Å². The third kappa shape index (κ3) is 3.30. The zero-order valence-corrected chi connectivity index (χ0v) is 9.53. The molecule has 1 amide bonds. The molecule has 0 atom stereocenters. The SMILES string of the molecule is NCCNc1ccc(C(=O)NCl)cc1[N+](=O)[O-]. The minimum Gasteiger partial charge on any atom is -0.378 e. The summed E-state index contributed by atoms with van der Waals surface area (Å²) in [5, 5.41) is 13.6. The van der Waals surface area contributed by atoms with Gasteiger partial charge in [0.2, 0.25) is 0 Å². The van der Waals surface area contributed by atoms with Gasteiger partial charge in [0.1, 0.15) is 5.69 Å². The van der Waals surface area contributed by atoms with Gasteiger partial charge in [-0.15, -0.1) is 0 Å². The van der Waals surface area contributed by atoms with E-state index in [2.05, 4.69) is 5.32 Å². The molecule has 1 aromatic carbocycles. The number of nitro groups is 1. The highest BCUT2D eigenvalue weighted by Gasteiger charge is 2.16. The zero-order valence-electron chi connectivity index (χ0n) is 8.77. The van der Waals surface area contributed by atoms with E-state index in [-0.39, 0.29) is 11.3 Å². The molecule has 0 saturated carbocycles. The van der Waals surface area contributed by atoms with Crippen LogP contribution in [0.15, 0.2) is 18.2 Å². The van der Waals surface area contributed by atoms with E-state index in [4.69, 9.17) is 17.5 Å². The van der Waals surface area contributed by atoms with Crippen molar-refractivity contribution in [2.45, 2.75) is 0 Å². The van der Waals surface area contributed by atoms with E-state index in [1.54, 1.807) is 0 Å². The maximum absolute atomic E-state index is 11.2. The van der Waals surface area contributed by atoms with Gasteiger partial charge in [0, 0.05) is 36.5 Å². The van der Waals surface area contributed by atoms with Crippen molar-refractivity contribution in [1.29, 1.82) is 0 Å². The van der Waals surface area contributed by atoms with Crippen LogP contribution < -0.4 is 15.9 Å². The molecule has 0 radical (unpaired) electrons. The van der Waals surface area contributed by atoms with E-state index in [0.29, 0.717) is 18.8 Å². The van der Waals surface area contributed by atoms with Gasteiger partial charge >= 0.3 is 0 Å². The molecule has 0 spiro atoms. The molecule has 0 unspecified atom stereocenters. The smallest absolute Gasteiger partial charge is 0.293 e. The molecular formula is C9H11ClN4O3. The Kier molecular flexibility index (Phi) is 4.68. The fraction of sp³-hybridized carbons (Fsp3) is 0.222. The average Bonchev–Trinajstić information content (AvgIpc) is 2.35. The van der Waals surface area contributed by atoms with Gasteiger partial charge in [-0.25, -0.2) is 0 Å². The first-order valence-electron chi connectivity index (χ1n) is 4.73. The second kappa shape index (κ2) is 6.02. The van der Waals surface area contributed by atoms with Gasteiger partial charge in [0.25, 0.3) is 11.6 Å². The lowest BCUT2D eigenvalue weighted by molar-refractivity contribution is -0.384. The van der Waals surface area contributed by atoms with Crippen molar-refractivity contribution in [2.75, 3.05) is 18.4 Å². The molecule has 0 heterocycles. The number of hydrogen-bond donors (Lipinski definition) is 3. The number of anilines is 1. The average molecular weight is 259 g/mol. The maximum Gasteiger partial charge on any atom is 0.293 e. The van der Waals surface area contributed by atoms with Crippen LogP contribution in [0.1, 0.15) is 10.4 Å². The Morgan fingerprint density at radius 2 is 2.24 bits per heavy atom. The molecule has 0 aromatic heterocycles. The van der Waals surface area contributed by atoms with Crippen LogP contribution in [0.25, 0.3) is 0 Å². The summed E-state index contributed by atoms with van der Waals surface area (Å²) in [6.45, 7) is 0.753. The minimum atomic E-state index is -0.597. The number of nitrogens with two attached hydrogens (primary N) is 1. The molecule has 0 saturated heterocycles. The van der Waals surface area contributed by atoms with Crippen molar-refractivity contribution in [2.24, 2.45) is 5.73 Å². The first-order chi connectivity index (χ1) is 8.10. The maximum atomic E-state index is 11.2. The predicted molar refractivity (Wildman–Crippen MR) is 64.0 cm³/mol. The van der Waals surface area contributed by atoms with Crippen LogP contribution in [0.2, 0.25) is 0 Å². The molecule has 0 aliphatic carbocycles. The Morgan fingerprint density at radius 3 is 2.76 bits per heavy atom. The zero-order chi connectivity index (χ0) is 12.8. The number of benzene rings is 1. The van der Waals surface area contributed by atoms with Gasteiger partial charge in [-0.05, 0) is 12.1 Å². The first-order valence-corrected chi connectivity index (χ1v) is 5.11. The Morgan fingerprint density at radius 1 is 1.53 bits per heavy atom. The van der Waals surface area contributed by atoms with Crippen molar-refractivity contribution >= 4 is 29.1 Å². The molecule has 1 rings (SSSR count). The van der Waals surface area contributed by atoms with E-state index in [1.807, 2.05) is 4.84 Å². The first kappa shape index (κ1) is 13.2. The lowest BCUT2D eigenvalue weighted by Gasteiger charge is -2.06. The summed E-state index contributed by atoms with van der Waals surface area (Å²) in [6, 6.07) is 4.02. The van der Waals surface area contributed by atoms with Crippen molar-refractivity contribution in [3.05, 3.63) is 33.9 Å². The number of nitrogens with one attached hydrogen (secondary N) is 2.